The van der Waals surface area contributed by atoms with E-state index in [-0.39, 0.29) is 24.0 Å². The number of hydrogen-bond donors (Lipinski definition) is 1. The largest absolute Gasteiger partial charge is 0.372 e. The highest BCUT2D eigenvalue weighted by molar-refractivity contribution is 7.99. The first kappa shape index (κ1) is 15.4. The molecule has 1 saturated heterocycles. The minimum Gasteiger partial charge on any atom is -0.372 e. The predicted octanol–water partition coefficient (Wildman–Crippen LogP) is 2.37. The Morgan fingerprint density at radius 3 is 2.77 bits per heavy atom. The van der Waals surface area contributed by atoms with Gasteiger partial charge in [-0.25, -0.2) is 0 Å². The summed E-state index contributed by atoms with van der Waals surface area (Å²) < 4.78 is 5.67. The zero-order chi connectivity index (χ0) is 15.7. The number of nitrogens with zero attached hydrogens (tertiary/aromatic N) is 1. The molecule has 2 heterocycles. The maximum atomic E-state index is 12.7. The Hall–Kier alpha value is -1.53. The number of fused-ring (bicyclic) bond motifs is 1. The number of benzene rings is 1. The Morgan fingerprint density at radius 1 is 1.32 bits per heavy atom. The van der Waals surface area contributed by atoms with Crippen molar-refractivity contribution in [2.24, 2.45) is 0 Å². The van der Waals surface area contributed by atoms with Crippen LogP contribution in [0, 0.1) is 0 Å². The predicted molar refractivity (Wildman–Crippen MR) is 86.3 cm³/mol. The molecule has 22 heavy (non-hydrogen) atoms. The average Bonchev–Trinajstić information content (AvgIpc) is 2.65. The van der Waals surface area contributed by atoms with Gasteiger partial charge < -0.3 is 15.0 Å². The molecule has 0 aliphatic carbocycles. The zero-order valence-corrected chi connectivity index (χ0v) is 13.6. The minimum atomic E-state index is -0.00621. The molecule has 6 heteroatoms. The second-order valence-electron chi connectivity index (χ2n) is 5.83. The molecule has 118 valence electrons. The van der Waals surface area contributed by atoms with Crippen LogP contribution in [0.4, 0.5) is 5.69 Å². The molecule has 0 bridgehead atoms. The van der Waals surface area contributed by atoms with Crippen molar-refractivity contribution in [3.63, 3.8) is 0 Å². The van der Waals surface area contributed by atoms with Crippen molar-refractivity contribution in [2.45, 2.75) is 37.4 Å². The van der Waals surface area contributed by atoms with E-state index in [0.717, 1.165) is 16.3 Å². The van der Waals surface area contributed by atoms with Crippen molar-refractivity contribution in [3.8, 4) is 0 Å². The lowest BCUT2D eigenvalue weighted by molar-refractivity contribution is -0.115. The summed E-state index contributed by atoms with van der Waals surface area (Å²) in [4.78, 5) is 27.2. The highest BCUT2D eigenvalue weighted by atomic mass is 32.2. The van der Waals surface area contributed by atoms with E-state index in [2.05, 4.69) is 5.32 Å². The van der Waals surface area contributed by atoms with Crippen LogP contribution >= 0.6 is 11.8 Å². The third kappa shape index (κ3) is 3.28. The summed E-state index contributed by atoms with van der Waals surface area (Å²) >= 11 is 1.64. The minimum absolute atomic E-state index is 0.00414. The number of anilines is 1. The van der Waals surface area contributed by atoms with Crippen molar-refractivity contribution >= 4 is 29.3 Å². The fourth-order valence-corrected chi connectivity index (χ4v) is 3.82. The summed E-state index contributed by atoms with van der Waals surface area (Å²) in [5.41, 5.74) is 1.36. The van der Waals surface area contributed by atoms with E-state index >= 15 is 0 Å². The van der Waals surface area contributed by atoms with Crippen LogP contribution in [-0.2, 0) is 9.53 Å². The van der Waals surface area contributed by atoms with E-state index in [9.17, 15) is 9.59 Å². The lowest BCUT2D eigenvalue weighted by Gasteiger charge is -2.35. The molecule has 2 atom stereocenters. The fraction of sp³-hybridized carbons (Fsp3) is 0.500. The summed E-state index contributed by atoms with van der Waals surface area (Å²) in [6.45, 7) is 5.15. The number of ether oxygens (including phenoxy) is 1. The van der Waals surface area contributed by atoms with Gasteiger partial charge in [0.1, 0.15) is 0 Å². The molecule has 1 fully saturated rings. The molecular formula is C16H20N2O3S. The van der Waals surface area contributed by atoms with Crippen molar-refractivity contribution in [2.75, 3.05) is 24.2 Å². The van der Waals surface area contributed by atoms with Gasteiger partial charge in [-0.15, -0.1) is 11.8 Å². The Morgan fingerprint density at radius 2 is 2.05 bits per heavy atom. The Balaban J connectivity index is 1.82. The number of morpholine rings is 1. The van der Waals surface area contributed by atoms with Gasteiger partial charge in [0, 0.05) is 35.7 Å². The summed E-state index contributed by atoms with van der Waals surface area (Å²) in [6.07, 6.45) is 0.591. The molecule has 1 aromatic rings. The summed E-state index contributed by atoms with van der Waals surface area (Å²) in [7, 11) is 0. The van der Waals surface area contributed by atoms with Crippen molar-refractivity contribution in [3.05, 3.63) is 23.8 Å². The zero-order valence-electron chi connectivity index (χ0n) is 12.8. The van der Waals surface area contributed by atoms with Gasteiger partial charge in [0.15, 0.2) is 0 Å². The first-order chi connectivity index (χ1) is 10.5. The van der Waals surface area contributed by atoms with E-state index in [4.69, 9.17) is 4.74 Å². The van der Waals surface area contributed by atoms with Crippen LogP contribution in [0.1, 0.15) is 30.6 Å². The monoisotopic (exact) mass is 320 g/mol. The first-order valence-electron chi connectivity index (χ1n) is 7.54. The topological polar surface area (TPSA) is 58.6 Å². The van der Waals surface area contributed by atoms with E-state index in [1.807, 2.05) is 30.9 Å². The molecule has 1 N–H and O–H groups in total. The Labute approximate surface area is 134 Å². The lowest BCUT2D eigenvalue weighted by atomic mass is 10.1. The summed E-state index contributed by atoms with van der Waals surface area (Å²) in [6, 6.07) is 5.56. The van der Waals surface area contributed by atoms with Gasteiger partial charge in [-0.05, 0) is 32.0 Å². The van der Waals surface area contributed by atoms with Gasteiger partial charge in [-0.2, -0.15) is 0 Å². The van der Waals surface area contributed by atoms with Crippen molar-refractivity contribution < 1.29 is 14.3 Å². The number of carbonyl (C=O) groups excluding carboxylic acids is 2. The number of hydrogen-bond acceptors (Lipinski definition) is 4. The van der Waals surface area contributed by atoms with E-state index in [1.165, 1.54) is 0 Å². The standard InChI is InChI=1S/C16H20N2O3S/c1-10-8-18(9-11(2)21-10)16(20)12-3-4-14-13(7-12)17-15(19)5-6-22-14/h3-4,7,10-11H,5-6,8-9H2,1-2H3,(H,17,19)/t10-,11+. The second-order valence-corrected chi connectivity index (χ2v) is 6.96. The van der Waals surface area contributed by atoms with Crippen LogP contribution in [0.3, 0.4) is 0 Å². The van der Waals surface area contributed by atoms with Crippen LogP contribution in [0.25, 0.3) is 0 Å². The van der Waals surface area contributed by atoms with Gasteiger partial charge in [0.05, 0.1) is 17.9 Å². The van der Waals surface area contributed by atoms with E-state index in [1.54, 1.807) is 17.8 Å². The van der Waals surface area contributed by atoms with E-state index in [0.29, 0.717) is 25.1 Å². The molecule has 2 amide bonds. The van der Waals surface area contributed by atoms with Crippen LogP contribution in [-0.4, -0.2) is 47.8 Å². The number of thioether (sulfide) groups is 1. The van der Waals surface area contributed by atoms with E-state index < -0.39 is 0 Å². The molecule has 0 aromatic heterocycles. The summed E-state index contributed by atoms with van der Waals surface area (Å²) in [5.74, 6) is 0.766. The van der Waals surface area contributed by atoms with Crippen LogP contribution in [0.15, 0.2) is 23.1 Å². The van der Waals surface area contributed by atoms with Gasteiger partial charge in [0.2, 0.25) is 5.91 Å². The summed E-state index contributed by atoms with van der Waals surface area (Å²) in [5, 5.41) is 2.88. The van der Waals surface area contributed by atoms with Crippen molar-refractivity contribution in [1.29, 1.82) is 0 Å². The molecule has 1 aromatic carbocycles. The molecule has 0 radical (unpaired) electrons. The molecule has 2 aliphatic rings. The van der Waals surface area contributed by atoms with Gasteiger partial charge in [-0.1, -0.05) is 0 Å². The maximum Gasteiger partial charge on any atom is 0.254 e. The molecule has 3 rings (SSSR count). The lowest BCUT2D eigenvalue weighted by Crippen LogP contribution is -2.48. The Bertz CT molecular complexity index is 595. The molecule has 0 unspecified atom stereocenters. The molecule has 2 aliphatic heterocycles. The number of carbonyl (C=O) groups is 2. The smallest absolute Gasteiger partial charge is 0.254 e. The Kier molecular flexibility index (Phi) is 4.40. The number of nitrogens with one attached hydrogen (secondary N) is 1. The van der Waals surface area contributed by atoms with Crippen LogP contribution in [0.5, 0.6) is 0 Å². The van der Waals surface area contributed by atoms with Gasteiger partial charge in [-0.3, -0.25) is 9.59 Å². The van der Waals surface area contributed by atoms with Gasteiger partial charge >= 0.3 is 0 Å². The molecular weight excluding hydrogens is 300 g/mol. The quantitative estimate of drug-likeness (QED) is 0.863. The molecule has 0 spiro atoms. The second kappa shape index (κ2) is 6.30. The fourth-order valence-electron chi connectivity index (χ4n) is 2.88. The maximum absolute atomic E-state index is 12.7. The number of rotatable bonds is 1. The molecule has 5 nitrogen and oxygen atoms in total. The normalized spacial score (nSPS) is 25.2. The van der Waals surface area contributed by atoms with Crippen molar-refractivity contribution in [1.82, 2.24) is 4.90 Å². The highest BCUT2D eigenvalue weighted by Crippen LogP contribution is 2.32. The van der Waals surface area contributed by atoms with Crippen LogP contribution < -0.4 is 5.32 Å². The number of amides is 2. The highest BCUT2D eigenvalue weighted by Gasteiger charge is 2.27. The third-order valence-electron chi connectivity index (χ3n) is 3.79. The van der Waals surface area contributed by atoms with Crippen LogP contribution in [0.2, 0.25) is 0 Å². The SMILES string of the molecule is C[C@@H]1CN(C(=O)c2ccc3c(c2)NC(=O)CCS3)C[C@H](C)O1. The molecule has 0 saturated carbocycles. The van der Waals surface area contributed by atoms with Gasteiger partial charge in [0.25, 0.3) is 5.91 Å². The first-order valence-corrected chi connectivity index (χ1v) is 8.53. The average molecular weight is 320 g/mol. The third-order valence-corrected chi connectivity index (χ3v) is 4.87.